The highest BCUT2D eigenvalue weighted by Crippen LogP contribution is 2.14. The van der Waals surface area contributed by atoms with E-state index in [0.29, 0.717) is 12.8 Å². The third kappa shape index (κ3) is 3.83. The van der Waals surface area contributed by atoms with E-state index in [-0.39, 0.29) is 22.8 Å². The molecule has 1 aromatic carbocycles. The monoisotopic (exact) mass is 258 g/mol. The van der Waals surface area contributed by atoms with Crippen LogP contribution in [0.2, 0.25) is 0 Å². The maximum Gasteiger partial charge on any atom is 0.335 e. The molecular weight excluding hydrogens is 244 g/mol. The van der Waals surface area contributed by atoms with Gasteiger partial charge in [0.2, 0.25) is 0 Å². The molecule has 0 saturated carbocycles. The number of aromatic carboxylic acids is 1. The Hall–Kier alpha value is -1.40. The summed E-state index contributed by atoms with van der Waals surface area (Å²) < 4.78 is 23.5. The van der Waals surface area contributed by atoms with Crippen LogP contribution >= 0.6 is 0 Å². The number of benzene rings is 1. The topological polar surface area (TPSA) is 91.7 Å². The van der Waals surface area contributed by atoms with Gasteiger partial charge in [0.15, 0.2) is 9.84 Å². The molecule has 0 aliphatic heterocycles. The summed E-state index contributed by atoms with van der Waals surface area (Å²) in [6.07, 6.45) is 0.825. The van der Waals surface area contributed by atoms with Gasteiger partial charge in [-0.05, 0) is 37.1 Å². The number of carbonyl (C=O) groups is 1. The van der Waals surface area contributed by atoms with Gasteiger partial charge in [0.25, 0.3) is 0 Å². The number of carboxylic acid groups (broad SMARTS) is 1. The number of hydrogen-bond acceptors (Lipinski definition) is 4. The third-order valence-corrected chi connectivity index (χ3v) is 4.10. The predicted molar refractivity (Wildman–Crippen MR) is 61.8 cm³/mol. The van der Waals surface area contributed by atoms with Crippen LogP contribution in [-0.4, -0.2) is 37.0 Å². The van der Waals surface area contributed by atoms with Crippen LogP contribution in [-0.2, 0) is 9.84 Å². The normalized spacial score (nSPS) is 11.4. The van der Waals surface area contributed by atoms with Crippen molar-refractivity contribution in [2.24, 2.45) is 0 Å². The Bertz CT molecular complexity index is 475. The van der Waals surface area contributed by atoms with Gasteiger partial charge in [0.05, 0.1) is 16.2 Å². The number of aliphatic hydroxyl groups excluding tert-OH is 1. The Morgan fingerprint density at radius 2 is 1.71 bits per heavy atom. The van der Waals surface area contributed by atoms with Gasteiger partial charge >= 0.3 is 5.97 Å². The molecule has 0 bridgehead atoms. The summed E-state index contributed by atoms with van der Waals surface area (Å²) in [6, 6.07) is 5.11. The van der Waals surface area contributed by atoms with Crippen molar-refractivity contribution < 1.29 is 23.4 Å². The Balaban J connectivity index is 2.81. The van der Waals surface area contributed by atoms with E-state index < -0.39 is 15.8 Å². The smallest absolute Gasteiger partial charge is 0.335 e. The summed E-state index contributed by atoms with van der Waals surface area (Å²) in [5.41, 5.74) is 0.0549. The lowest BCUT2D eigenvalue weighted by atomic mass is 10.2. The predicted octanol–water partition coefficient (Wildman–Crippen LogP) is 0.931. The van der Waals surface area contributed by atoms with Crippen molar-refractivity contribution in [3.8, 4) is 0 Å². The molecule has 0 atom stereocenters. The zero-order chi connectivity index (χ0) is 12.9. The van der Waals surface area contributed by atoms with Gasteiger partial charge in [-0.1, -0.05) is 0 Å². The number of carboxylic acids is 1. The minimum Gasteiger partial charge on any atom is -0.478 e. The molecule has 94 valence electrons. The van der Waals surface area contributed by atoms with E-state index in [1.807, 2.05) is 0 Å². The first-order valence-corrected chi connectivity index (χ1v) is 6.79. The number of unbranched alkanes of at least 4 members (excludes halogenated alkanes) is 1. The van der Waals surface area contributed by atoms with Crippen molar-refractivity contribution in [1.29, 1.82) is 0 Å². The number of aliphatic hydroxyl groups is 1. The van der Waals surface area contributed by atoms with Gasteiger partial charge in [-0.15, -0.1) is 0 Å². The van der Waals surface area contributed by atoms with Crippen molar-refractivity contribution in [2.75, 3.05) is 12.4 Å². The lowest BCUT2D eigenvalue weighted by Crippen LogP contribution is -2.08. The second-order valence-corrected chi connectivity index (χ2v) is 5.69. The summed E-state index contributed by atoms with van der Waals surface area (Å²) in [5, 5.41) is 17.2. The quantitative estimate of drug-likeness (QED) is 0.741. The molecule has 0 fully saturated rings. The van der Waals surface area contributed by atoms with Crippen LogP contribution in [0.3, 0.4) is 0 Å². The van der Waals surface area contributed by atoms with Gasteiger partial charge in [0.1, 0.15) is 0 Å². The first kappa shape index (κ1) is 13.7. The fourth-order valence-corrected chi connectivity index (χ4v) is 2.70. The van der Waals surface area contributed by atoms with Gasteiger partial charge in [-0.3, -0.25) is 0 Å². The maximum atomic E-state index is 11.8. The zero-order valence-corrected chi connectivity index (χ0v) is 9.98. The van der Waals surface area contributed by atoms with Gasteiger partial charge in [-0.25, -0.2) is 13.2 Å². The number of hydrogen-bond donors (Lipinski definition) is 2. The number of sulfone groups is 1. The molecule has 0 aliphatic carbocycles. The Labute approximate surface area is 99.6 Å². The van der Waals surface area contributed by atoms with Crippen molar-refractivity contribution in [3.63, 3.8) is 0 Å². The summed E-state index contributed by atoms with van der Waals surface area (Å²) in [6.45, 7) is -0.0343. The second kappa shape index (κ2) is 5.79. The van der Waals surface area contributed by atoms with E-state index in [0.717, 1.165) is 0 Å². The van der Waals surface area contributed by atoms with E-state index in [9.17, 15) is 13.2 Å². The molecule has 5 nitrogen and oxygen atoms in total. The second-order valence-electron chi connectivity index (χ2n) is 3.58. The van der Waals surface area contributed by atoms with Crippen LogP contribution in [0.4, 0.5) is 0 Å². The third-order valence-electron chi connectivity index (χ3n) is 2.28. The van der Waals surface area contributed by atoms with Crippen molar-refractivity contribution in [2.45, 2.75) is 17.7 Å². The molecular formula is C11H14O5S. The van der Waals surface area contributed by atoms with E-state index in [1.165, 1.54) is 24.3 Å². The molecule has 0 heterocycles. The minimum atomic E-state index is -3.38. The van der Waals surface area contributed by atoms with Crippen LogP contribution in [0.25, 0.3) is 0 Å². The Kier molecular flexibility index (Phi) is 4.65. The maximum absolute atomic E-state index is 11.8. The largest absolute Gasteiger partial charge is 0.478 e. The first-order valence-electron chi connectivity index (χ1n) is 5.14. The summed E-state index contributed by atoms with van der Waals surface area (Å²) >= 11 is 0. The molecule has 0 aromatic heterocycles. The molecule has 1 aromatic rings. The highest BCUT2D eigenvalue weighted by Gasteiger charge is 2.14. The van der Waals surface area contributed by atoms with Gasteiger partial charge in [0, 0.05) is 6.61 Å². The fraction of sp³-hybridized carbons (Fsp3) is 0.364. The number of rotatable bonds is 6. The van der Waals surface area contributed by atoms with E-state index in [4.69, 9.17) is 10.2 Å². The van der Waals surface area contributed by atoms with Crippen molar-refractivity contribution in [1.82, 2.24) is 0 Å². The van der Waals surface area contributed by atoms with Gasteiger partial charge in [-0.2, -0.15) is 0 Å². The van der Waals surface area contributed by atoms with Crippen molar-refractivity contribution in [3.05, 3.63) is 29.8 Å². The summed E-state index contributed by atoms with van der Waals surface area (Å²) in [5.74, 6) is -1.13. The minimum absolute atomic E-state index is 0.0343. The Morgan fingerprint density at radius 1 is 1.12 bits per heavy atom. The molecule has 0 saturated heterocycles. The molecule has 17 heavy (non-hydrogen) atoms. The SMILES string of the molecule is O=C(O)c1ccc(S(=O)(=O)CCCCO)cc1. The Morgan fingerprint density at radius 3 is 2.18 bits per heavy atom. The molecule has 2 N–H and O–H groups in total. The van der Waals surface area contributed by atoms with E-state index in [1.54, 1.807) is 0 Å². The van der Waals surface area contributed by atoms with Crippen molar-refractivity contribution >= 4 is 15.8 Å². The van der Waals surface area contributed by atoms with E-state index in [2.05, 4.69) is 0 Å². The van der Waals surface area contributed by atoms with Crippen LogP contribution in [0.15, 0.2) is 29.2 Å². The molecule has 6 heteroatoms. The zero-order valence-electron chi connectivity index (χ0n) is 9.17. The molecule has 0 amide bonds. The molecule has 0 unspecified atom stereocenters. The summed E-state index contributed by atoms with van der Waals surface area (Å²) in [7, 11) is -3.38. The van der Waals surface area contributed by atoms with Crippen LogP contribution < -0.4 is 0 Å². The summed E-state index contributed by atoms with van der Waals surface area (Å²) in [4.78, 5) is 10.7. The van der Waals surface area contributed by atoms with Crippen LogP contribution in [0, 0.1) is 0 Å². The van der Waals surface area contributed by atoms with E-state index >= 15 is 0 Å². The first-order chi connectivity index (χ1) is 7.97. The molecule has 0 radical (unpaired) electrons. The lowest BCUT2D eigenvalue weighted by Gasteiger charge is -2.04. The lowest BCUT2D eigenvalue weighted by molar-refractivity contribution is 0.0696. The fourth-order valence-electron chi connectivity index (χ4n) is 1.33. The molecule has 0 spiro atoms. The van der Waals surface area contributed by atoms with Gasteiger partial charge < -0.3 is 10.2 Å². The van der Waals surface area contributed by atoms with Crippen LogP contribution in [0.5, 0.6) is 0 Å². The standard InChI is InChI=1S/C11H14O5S/c12-7-1-2-8-17(15,16)10-5-3-9(4-6-10)11(13)14/h3-6,12H,1-2,7-8H2,(H,13,14). The molecule has 1 rings (SSSR count). The average Bonchev–Trinajstić information content (AvgIpc) is 2.29. The highest BCUT2D eigenvalue weighted by atomic mass is 32.2. The average molecular weight is 258 g/mol. The highest BCUT2D eigenvalue weighted by molar-refractivity contribution is 7.91. The van der Waals surface area contributed by atoms with Crippen LogP contribution in [0.1, 0.15) is 23.2 Å². The molecule has 0 aliphatic rings.